The van der Waals surface area contributed by atoms with Gasteiger partial charge in [-0.2, -0.15) is 0 Å². The number of fused-ring (bicyclic) bond motifs is 1. The van der Waals surface area contributed by atoms with Gasteiger partial charge in [0.15, 0.2) is 0 Å². The Balaban J connectivity index is 1.99. The smallest absolute Gasteiger partial charge is 0.267 e. The number of nitrogens with one attached hydrogen (secondary N) is 1. The molecule has 3 nitrogen and oxygen atoms in total. The second-order valence-corrected chi connectivity index (χ2v) is 7.55. The maximum atomic E-state index is 12.4. The van der Waals surface area contributed by atoms with Crippen molar-refractivity contribution in [3.63, 3.8) is 0 Å². The van der Waals surface area contributed by atoms with Gasteiger partial charge in [0.25, 0.3) is 5.91 Å². The highest BCUT2D eigenvalue weighted by molar-refractivity contribution is 14.1. The van der Waals surface area contributed by atoms with Crippen molar-refractivity contribution < 1.29 is 4.79 Å². The van der Waals surface area contributed by atoms with Gasteiger partial charge in [-0.25, -0.2) is 0 Å². The average Bonchev–Trinajstić information content (AvgIpc) is 2.79. The molecule has 3 N–H and O–H groups in total. The molecule has 0 atom stereocenters. The van der Waals surface area contributed by atoms with Crippen LogP contribution in [0, 0.1) is 3.57 Å². The zero-order valence-electron chi connectivity index (χ0n) is 10.7. The minimum atomic E-state index is -0.172. The van der Waals surface area contributed by atoms with E-state index in [0.717, 1.165) is 23.8 Å². The highest BCUT2D eigenvalue weighted by Gasteiger charge is 2.17. The van der Waals surface area contributed by atoms with Crippen molar-refractivity contribution in [3.8, 4) is 0 Å². The van der Waals surface area contributed by atoms with Gasteiger partial charge < -0.3 is 11.1 Å². The lowest BCUT2D eigenvalue weighted by molar-refractivity contribution is 0.103. The van der Waals surface area contributed by atoms with Crippen molar-refractivity contribution in [1.82, 2.24) is 0 Å². The maximum absolute atomic E-state index is 12.4. The van der Waals surface area contributed by atoms with Crippen LogP contribution in [0.15, 0.2) is 46.9 Å². The molecule has 2 aromatic carbocycles. The van der Waals surface area contributed by atoms with E-state index in [2.05, 4.69) is 43.8 Å². The first-order valence-electron chi connectivity index (χ1n) is 6.09. The summed E-state index contributed by atoms with van der Waals surface area (Å²) in [4.78, 5) is 13.0. The molecule has 1 heterocycles. The number of rotatable bonds is 2. The third-order valence-corrected chi connectivity index (χ3v) is 5.64. The summed E-state index contributed by atoms with van der Waals surface area (Å²) in [5, 5.41) is 3.82. The van der Waals surface area contributed by atoms with E-state index in [1.54, 1.807) is 0 Å². The molecule has 6 heteroatoms. The van der Waals surface area contributed by atoms with Crippen molar-refractivity contribution in [1.29, 1.82) is 0 Å². The minimum Gasteiger partial charge on any atom is -0.397 e. The molecular weight excluding hydrogens is 463 g/mol. The summed E-state index contributed by atoms with van der Waals surface area (Å²) in [6.07, 6.45) is 0. The Hall–Kier alpha value is -1.12. The molecule has 0 unspecified atom stereocenters. The lowest BCUT2D eigenvalue weighted by atomic mass is 10.2. The van der Waals surface area contributed by atoms with Gasteiger partial charge in [0.05, 0.1) is 11.4 Å². The zero-order valence-corrected chi connectivity index (χ0v) is 15.3. The van der Waals surface area contributed by atoms with E-state index in [1.165, 1.54) is 11.3 Å². The highest BCUT2D eigenvalue weighted by atomic mass is 127. The summed E-state index contributed by atoms with van der Waals surface area (Å²) >= 11 is 7.02. The highest BCUT2D eigenvalue weighted by Crippen LogP contribution is 2.35. The van der Waals surface area contributed by atoms with E-state index in [0.29, 0.717) is 10.6 Å². The Morgan fingerprint density at radius 3 is 2.76 bits per heavy atom. The summed E-state index contributed by atoms with van der Waals surface area (Å²) in [6, 6.07) is 13.5. The van der Waals surface area contributed by atoms with Crippen LogP contribution in [0.4, 0.5) is 11.4 Å². The Bertz CT molecular complexity index is 847. The number of hydrogen-bond acceptors (Lipinski definition) is 3. The average molecular weight is 473 g/mol. The predicted octanol–water partition coefficient (Wildman–Crippen LogP) is 5.10. The summed E-state index contributed by atoms with van der Waals surface area (Å²) < 4.78 is 2.94. The van der Waals surface area contributed by atoms with E-state index >= 15 is 0 Å². The number of halogens is 2. The van der Waals surface area contributed by atoms with Crippen molar-refractivity contribution in [2.45, 2.75) is 0 Å². The first-order valence-corrected chi connectivity index (χ1v) is 8.78. The number of carbonyl (C=O) groups is 1. The molecule has 0 aliphatic heterocycles. The van der Waals surface area contributed by atoms with Gasteiger partial charge >= 0.3 is 0 Å². The molecule has 0 fully saturated rings. The van der Waals surface area contributed by atoms with Crippen LogP contribution in [0.3, 0.4) is 0 Å². The number of amides is 1. The van der Waals surface area contributed by atoms with Gasteiger partial charge in [-0.1, -0.05) is 28.1 Å². The summed E-state index contributed by atoms with van der Waals surface area (Å²) in [7, 11) is 0. The summed E-state index contributed by atoms with van der Waals surface area (Å²) in [5.41, 5.74) is 7.45. The number of benzene rings is 2. The van der Waals surface area contributed by atoms with Crippen molar-refractivity contribution in [2.75, 3.05) is 11.1 Å². The molecule has 1 aromatic heterocycles. The lowest BCUT2D eigenvalue weighted by Gasteiger charge is -2.06. The molecule has 106 valence electrons. The van der Waals surface area contributed by atoms with Crippen molar-refractivity contribution in [2.24, 2.45) is 0 Å². The van der Waals surface area contributed by atoms with Crippen molar-refractivity contribution in [3.05, 3.63) is 55.4 Å². The lowest BCUT2D eigenvalue weighted by Crippen LogP contribution is -2.12. The van der Waals surface area contributed by atoms with Crippen LogP contribution in [0.5, 0.6) is 0 Å². The molecular formula is C15H10BrIN2OS. The van der Waals surface area contributed by atoms with Gasteiger partial charge in [-0.15, -0.1) is 11.3 Å². The quantitative estimate of drug-likeness (QED) is 0.509. The first-order chi connectivity index (χ1) is 10.1. The van der Waals surface area contributed by atoms with Crippen LogP contribution in [-0.4, -0.2) is 5.91 Å². The topological polar surface area (TPSA) is 55.1 Å². The van der Waals surface area contributed by atoms with E-state index in [9.17, 15) is 4.79 Å². The molecule has 0 saturated carbocycles. The van der Waals surface area contributed by atoms with Crippen LogP contribution < -0.4 is 11.1 Å². The van der Waals surface area contributed by atoms with Crippen LogP contribution in [0.1, 0.15) is 9.67 Å². The summed E-state index contributed by atoms with van der Waals surface area (Å²) in [5.74, 6) is -0.172. The number of thiophene rings is 1. The number of nitrogens with two attached hydrogens (primary N) is 1. The van der Waals surface area contributed by atoms with Crippen LogP contribution in [-0.2, 0) is 0 Å². The number of nitrogen functional groups attached to an aromatic ring is 1. The number of hydrogen-bond donors (Lipinski definition) is 2. The molecule has 0 aliphatic rings. The Labute approximate surface area is 147 Å². The third-order valence-electron chi connectivity index (χ3n) is 3.02. The van der Waals surface area contributed by atoms with E-state index < -0.39 is 0 Å². The molecule has 3 aromatic rings. The van der Waals surface area contributed by atoms with Crippen LogP contribution in [0.25, 0.3) is 10.1 Å². The van der Waals surface area contributed by atoms with Gasteiger partial charge in [0.2, 0.25) is 0 Å². The fourth-order valence-electron chi connectivity index (χ4n) is 2.00. The Morgan fingerprint density at radius 1 is 1.24 bits per heavy atom. The monoisotopic (exact) mass is 472 g/mol. The molecule has 0 radical (unpaired) electrons. The van der Waals surface area contributed by atoms with Crippen molar-refractivity contribution >= 4 is 77.2 Å². The molecule has 1 amide bonds. The minimum absolute atomic E-state index is 0.172. The van der Waals surface area contributed by atoms with Gasteiger partial charge in [0.1, 0.15) is 4.88 Å². The standard InChI is InChI=1S/C15H10BrIN2OS/c16-8-5-6-12-9(7-8)13(18)14(21-12)15(20)19-11-4-2-1-3-10(11)17/h1-7H,18H2,(H,19,20). The molecule has 0 aliphatic carbocycles. The van der Waals surface area contributed by atoms with E-state index in [-0.39, 0.29) is 5.91 Å². The number of anilines is 2. The van der Waals surface area contributed by atoms with Gasteiger partial charge in [-0.05, 0) is 52.9 Å². The zero-order chi connectivity index (χ0) is 15.0. The fourth-order valence-corrected chi connectivity index (χ4v) is 3.88. The van der Waals surface area contributed by atoms with E-state index in [4.69, 9.17) is 5.73 Å². The molecule has 0 bridgehead atoms. The molecule has 0 spiro atoms. The Morgan fingerprint density at radius 2 is 2.00 bits per heavy atom. The Kier molecular flexibility index (Phi) is 4.19. The fraction of sp³-hybridized carbons (Fsp3) is 0. The molecule has 3 rings (SSSR count). The van der Waals surface area contributed by atoms with Gasteiger partial charge in [-0.3, -0.25) is 4.79 Å². The van der Waals surface area contributed by atoms with Gasteiger partial charge in [0, 0.05) is 18.1 Å². The third kappa shape index (κ3) is 2.93. The maximum Gasteiger partial charge on any atom is 0.267 e. The predicted molar refractivity (Wildman–Crippen MR) is 101 cm³/mol. The SMILES string of the molecule is Nc1c(C(=O)Nc2ccccc2I)sc2ccc(Br)cc12. The molecule has 21 heavy (non-hydrogen) atoms. The second-order valence-electron chi connectivity index (χ2n) is 4.42. The van der Waals surface area contributed by atoms with Crippen LogP contribution >= 0.6 is 49.9 Å². The van der Waals surface area contributed by atoms with Crippen LogP contribution in [0.2, 0.25) is 0 Å². The number of carbonyl (C=O) groups excluding carboxylic acids is 1. The van der Waals surface area contributed by atoms with E-state index in [1.807, 2.05) is 42.5 Å². The largest absolute Gasteiger partial charge is 0.397 e. The molecule has 0 saturated heterocycles. The number of para-hydroxylation sites is 1. The summed E-state index contributed by atoms with van der Waals surface area (Å²) in [6.45, 7) is 0. The second kappa shape index (κ2) is 5.94. The first kappa shape index (κ1) is 14.8. The normalized spacial score (nSPS) is 10.8.